The van der Waals surface area contributed by atoms with Crippen molar-refractivity contribution < 1.29 is 13.9 Å². The molecule has 224 valence electrons. The van der Waals surface area contributed by atoms with Crippen LogP contribution < -0.4 is 19.9 Å². The van der Waals surface area contributed by atoms with E-state index in [1.807, 2.05) is 25.2 Å². The number of aromatic nitrogens is 4. The third kappa shape index (κ3) is 5.40. The molecule has 2 aliphatic heterocycles. The van der Waals surface area contributed by atoms with Gasteiger partial charge in [-0.3, -0.25) is 9.69 Å². The predicted molar refractivity (Wildman–Crippen MR) is 161 cm³/mol. The van der Waals surface area contributed by atoms with Gasteiger partial charge in [-0.05, 0) is 58.0 Å². The van der Waals surface area contributed by atoms with E-state index in [0.717, 1.165) is 55.8 Å². The SMILES string of the molecule is CC[C@@H]1C(=O)N(C)c2cnc(Nc3ccc(-c4nnc(CN5CCC(N(C)C)C5)o4)cc3OC)nc2N1C1CCCC1. The molecular formula is C30H41N9O3. The second kappa shape index (κ2) is 11.8. The van der Waals surface area contributed by atoms with Gasteiger partial charge in [-0.1, -0.05) is 19.8 Å². The van der Waals surface area contributed by atoms with Gasteiger partial charge in [-0.25, -0.2) is 4.98 Å². The Bertz CT molecular complexity index is 1420. The zero-order valence-corrected chi connectivity index (χ0v) is 25.2. The number of fused-ring (bicyclic) bond motifs is 1. The molecule has 2 aromatic heterocycles. The molecule has 6 rings (SSSR count). The van der Waals surface area contributed by atoms with E-state index < -0.39 is 0 Å². The molecule has 1 saturated heterocycles. The van der Waals surface area contributed by atoms with Gasteiger partial charge in [0.2, 0.25) is 23.6 Å². The number of ether oxygens (including phenoxy) is 1. The van der Waals surface area contributed by atoms with Crippen molar-refractivity contribution >= 4 is 29.0 Å². The number of amides is 1. The van der Waals surface area contributed by atoms with Crippen LogP contribution in [0.3, 0.4) is 0 Å². The van der Waals surface area contributed by atoms with Gasteiger partial charge in [0, 0.05) is 37.8 Å². The zero-order valence-electron chi connectivity index (χ0n) is 25.2. The molecule has 12 heteroatoms. The average Bonchev–Trinajstić information content (AvgIpc) is 3.78. The van der Waals surface area contributed by atoms with Crippen LogP contribution in [-0.2, 0) is 11.3 Å². The molecule has 12 nitrogen and oxygen atoms in total. The molecule has 0 bridgehead atoms. The fraction of sp³-hybridized carbons (Fsp3) is 0.567. The summed E-state index contributed by atoms with van der Waals surface area (Å²) in [7, 11) is 7.68. The van der Waals surface area contributed by atoms with E-state index in [0.29, 0.717) is 47.8 Å². The maximum atomic E-state index is 13.2. The molecule has 4 heterocycles. The van der Waals surface area contributed by atoms with Crippen LogP contribution in [0, 0.1) is 0 Å². The van der Waals surface area contributed by atoms with Gasteiger partial charge in [-0.15, -0.1) is 10.2 Å². The normalized spacial score (nSPS) is 21.4. The van der Waals surface area contributed by atoms with Crippen molar-refractivity contribution in [1.29, 1.82) is 0 Å². The first-order chi connectivity index (χ1) is 20.4. The van der Waals surface area contributed by atoms with Crippen LogP contribution in [0.15, 0.2) is 28.8 Å². The first kappa shape index (κ1) is 28.4. The molecule has 1 amide bonds. The van der Waals surface area contributed by atoms with E-state index in [4.69, 9.17) is 14.1 Å². The highest BCUT2D eigenvalue weighted by molar-refractivity contribution is 6.04. The van der Waals surface area contributed by atoms with Crippen molar-refractivity contribution in [3.8, 4) is 17.2 Å². The van der Waals surface area contributed by atoms with Gasteiger partial charge in [-0.2, -0.15) is 4.98 Å². The fourth-order valence-electron chi connectivity index (χ4n) is 6.49. The van der Waals surface area contributed by atoms with Gasteiger partial charge in [0.1, 0.15) is 17.5 Å². The Morgan fingerprint density at radius 3 is 2.69 bits per heavy atom. The second-order valence-corrected chi connectivity index (χ2v) is 11.8. The number of nitrogens with zero attached hydrogens (tertiary/aromatic N) is 8. The zero-order chi connectivity index (χ0) is 29.4. The first-order valence-corrected chi connectivity index (χ1v) is 15.0. The Morgan fingerprint density at radius 2 is 1.98 bits per heavy atom. The van der Waals surface area contributed by atoms with Crippen molar-refractivity contribution in [2.45, 2.75) is 70.1 Å². The van der Waals surface area contributed by atoms with E-state index in [2.05, 4.69) is 56.2 Å². The highest BCUT2D eigenvalue weighted by atomic mass is 16.5. The minimum Gasteiger partial charge on any atom is -0.495 e. The van der Waals surface area contributed by atoms with E-state index in [1.54, 1.807) is 18.2 Å². The maximum absolute atomic E-state index is 13.2. The van der Waals surface area contributed by atoms with Gasteiger partial charge >= 0.3 is 0 Å². The van der Waals surface area contributed by atoms with E-state index in [1.165, 1.54) is 12.8 Å². The molecule has 2 fully saturated rings. The third-order valence-corrected chi connectivity index (χ3v) is 8.91. The predicted octanol–water partition coefficient (Wildman–Crippen LogP) is 3.92. The number of carbonyl (C=O) groups is 1. The largest absolute Gasteiger partial charge is 0.495 e. The van der Waals surface area contributed by atoms with Crippen LogP contribution in [0.25, 0.3) is 11.5 Å². The molecule has 2 atom stereocenters. The van der Waals surface area contributed by atoms with Crippen LogP contribution in [0.5, 0.6) is 5.75 Å². The number of benzene rings is 1. The number of nitrogens with one attached hydrogen (secondary N) is 1. The number of likely N-dealkylation sites (tertiary alicyclic amines) is 1. The molecule has 1 aromatic carbocycles. The lowest BCUT2D eigenvalue weighted by Crippen LogP contribution is -2.55. The minimum atomic E-state index is -0.221. The smallest absolute Gasteiger partial charge is 0.249 e. The number of methoxy groups -OCH3 is 1. The summed E-state index contributed by atoms with van der Waals surface area (Å²) in [6.07, 6.45) is 8.09. The lowest BCUT2D eigenvalue weighted by Gasteiger charge is -2.43. The van der Waals surface area contributed by atoms with Gasteiger partial charge in [0.15, 0.2) is 5.82 Å². The summed E-state index contributed by atoms with van der Waals surface area (Å²) >= 11 is 0. The summed E-state index contributed by atoms with van der Waals surface area (Å²) < 4.78 is 11.8. The molecule has 1 unspecified atom stereocenters. The van der Waals surface area contributed by atoms with Crippen LogP contribution in [-0.4, -0.2) is 95.3 Å². The van der Waals surface area contributed by atoms with Crippen LogP contribution in [0.1, 0.15) is 51.3 Å². The standard InChI is InChI=1S/C30H41N9O3/c1-6-23-29(40)37(4)24-16-31-30(33-27(24)39(23)20-9-7-8-10-20)32-22-12-11-19(15-25(22)41-5)28-35-34-26(42-28)18-38-14-13-21(17-38)36(2)3/h11-12,15-16,20-21,23H,6-10,13-14,17-18H2,1-5H3,(H,31,32,33)/t21?,23-/m1/s1. The van der Waals surface area contributed by atoms with E-state index in [-0.39, 0.29) is 11.9 Å². The Balaban J connectivity index is 1.21. The van der Waals surface area contributed by atoms with Gasteiger partial charge in [0.25, 0.3) is 0 Å². The van der Waals surface area contributed by atoms with Crippen LogP contribution >= 0.6 is 0 Å². The topological polar surface area (TPSA) is 116 Å². The number of hydrogen-bond acceptors (Lipinski definition) is 11. The molecule has 0 radical (unpaired) electrons. The quantitative estimate of drug-likeness (QED) is 0.400. The summed E-state index contributed by atoms with van der Waals surface area (Å²) in [5, 5.41) is 11.9. The molecule has 1 N–H and O–H groups in total. The van der Waals surface area contributed by atoms with E-state index >= 15 is 0 Å². The molecule has 3 aromatic rings. The third-order valence-electron chi connectivity index (χ3n) is 8.91. The Hall–Kier alpha value is -3.77. The summed E-state index contributed by atoms with van der Waals surface area (Å²) in [5.74, 6) is 3.01. The molecule has 42 heavy (non-hydrogen) atoms. The number of anilines is 4. The molecule has 1 aliphatic carbocycles. The monoisotopic (exact) mass is 575 g/mol. The van der Waals surface area contributed by atoms with Crippen LogP contribution in [0.4, 0.5) is 23.1 Å². The Morgan fingerprint density at radius 1 is 1.17 bits per heavy atom. The van der Waals surface area contributed by atoms with Crippen LogP contribution in [0.2, 0.25) is 0 Å². The molecule has 3 aliphatic rings. The van der Waals surface area contributed by atoms with Crippen molar-refractivity contribution in [3.63, 3.8) is 0 Å². The minimum absolute atomic E-state index is 0.0980. The lowest BCUT2D eigenvalue weighted by atomic mass is 10.0. The summed E-state index contributed by atoms with van der Waals surface area (Å²) in [4.78, 5) is 31.3. The number of likely N-dealkylation sites (N-methyl/N-ethyl adjacent to an activating group) is 2. The highest BCUT2D eigenvalue weighted by Gasteiger charge is 2.41. The first-order valence-electron chi connectivity index (χ1n) is 15.0. The maximum Gasteiger partial charge on any atom is 0.249 e. The summed E-state index contributed by atoms with van der Waals surface area (Å²) in [6.45, 7) is 4.72. The number of rotatable bonds is 9. The lowest BCUT2D eigenvalue weighted by molar-refractivity contribution is -0.120. The number of hydrogen-bond donors (Lipinski definition) is 1. The number of carbonyl (C=O) groups excluding carboxylic acids is 1. The van der Waals surface area contributed by atoms with Crippen molar-refractivity contribution in [2.24, 2.45) is 0 Å². The van der Waals surface area contributed by atoms with Crippen molar-refractivity contribution in [2.75, 3.05) is 56.5 Å². The molecule has 0 spiro atoms. The van der Waals surface area contributed by atoms with Crippen molar-refractivity contribution in [3.05, 3.63) is 30.3 Å². The van der Waals surface area contributed by atoms with Gasteiger partial charge in [0.05, 0.1) is 25.5 Å². The average molecular weight is 576 g/mol. The van der Waals surface area contributed by atoms with Gasteiger partial charge < -0.3 is 29.2 Å². The second-order valence-electron chi connectivity index (χ2n) is 11.8. The molecular weight excluding hydrogens is 534 g/mol. The Kier molecular flexibility index (Phi) is 8.00. The summed E-state index contributed by atoms with van der Waals surface area (Å²) in [6, 6.07) is 6.34. The van der Waals surface area contributed by atoms with Crippen molar-refractivity contribution in [1.82, 2.24) is 30.0 Å². The highest BCUT2D eigenvalue weighted by Crippen LogP contribution is 2.40. The fourth-order valence-corrected chi connectivity index (χ4v) is 6.49. The van der Waals surface area contributed by atoms with E-state index in [9.17, 15) is 4.79 Å². The summed E-state index contributed by atoms with van der Waals surface area (Å²) in [5.41, 5.74) is 2.23. The Labute approximate surface area is 247 Å². The molecule has 1 saturated carbocycles.